The molecular weight excluding hydrogens is 420 g/mol. The van der Waals surface area contributed by atoms with Gasteiger partial charge in [-0.05, 0) is 54.1 Å². The lowest BCUT2D eigenvalue weighted by Crippen LogP contribution is -2.09. The number of methoxy groups -OCH3 is 2. The molecule has 0 bridgehead atoms. The molecule has 0 aliphatic carbocycles. The van der Waals surface area contributed by atoms with Crippen molar-refractivity contribution in [1.29, 1.82) is 0 Å². The number of Topliss-reactive ketones (excluding diaryl/α,β-unsaturated/α-hetero) is 1. The van der Waals surface area contributed by atoms with Gasteiger partial charge in [0.05, 0.1) is 25.3 Å². The Labute approximate surface area is 183 Å². The molecule has 0 atom stereocenters. The zero-order chi connectivity index (χ0) is 22.0. The van der Waals surface area contributed by atoms with E-state index in [1.807, 2.05) is 0 Å². The molecule has 0 radical (unpaired) electrons. The largest absolute Gasteiger partial charge is 0.493 e. The maximum Gasteiger partial charge on any atom is 0.343 e. The molecule has 31 heavy (non-hydrogen) atoms. The first-order valence-electron chi connectivity index (χ1n) is 9.26. The van der Waals surface area contributed by atoms with E-state index in [0.29, 0.717) is 33.4 Å². The van der Waals surface area contributed by atoms with Gasteiger partial charge in [0.15, 0.2) is 17.3 Å². The predicted octanol–water partition coefficient (Wildman–Crippen LogP) is 5.19. The zero-order valence-electron chi connectivity index (χ0n) is 16.7. The maximum atomic E-state index is 12.6. The van der Waals surface area contributed by atoms with Crippen molar-refractivity contribution in [3.63, 3.8) is 0 Å². The molecule has 0 N–H and O–H groups in total. The van der Waals surface area contributed by atoms with E-state index in [9.17, 15) is 9.59 Å². The Balaban J connectivity index is 1.53. The maximum absolute atomic E-state index is 12.6. The van der Waals surface area contributed by atoms with E-state index in [0.717, 1.165) is 5.56 Å². The van der Waals surface area contributed by atoms with Crippen LogP contribution in [0.15, 0.2) is 66.4 Å². The Morgan fingerprint density at radius 1 is 0.935 bits per heavy atom. The van der Waals surface area contributed by atoms with Gasteiger partial charge in [0, 0.05) is 11.1 Å². The molecule has 4 rings (SSSR count). The summed E-state index contributed by atoms with van der Waals surface area (Å²) in [4.78, 5) is 25.1. The van der Waals surface area contributed by atoms with Crippen molar-refractivity contribution in [3.8, 4) is 23.0 Å². The third-order valence-electron chi connectivity index (χ3n) is 4.64. The lowest BCUT2D eigenvalue weighted by atomic mass is 10.1. The highest BCUT2D eigenvalue weighted by atomic mass is 35.5. The minimum absolute atomic E-state index is 0.181. The number of fused-ring (bicyclic) bond motifs is 1. The zero-order valence-corrected chi connectivity index (χ0v) is 17.4. The number of esters is 1. The Morgan fingerprint density at radius 3 is 2.39 bits per heavy atom. The van der Waals surface area contributed by atoms with Crippen LogP contribution in [0, 0.1) is 0 Å². The van der Waals surface area contributed by atoms with E-state index in [1.54, 1.807) is 54.6 Å². The SMILES string of the molecule is COc1ccc(C(=O)Oc2ccc3c(c2)O/C(=C\c2ccc(Cl)cc2)C3=O)cc1OC. The van der Waals surface area contributed by atoms with Crippen molar-refractivity contribution >= 4 is 29.4 Å². The fraction of sp³-hybridized carbons (Fsp3) is 0.0833. The molecule has 1 aliphatic rings. The van der Waals surface area contributed by atoms with E-state index < -0.39 is 5.97 Å². The van der Waals surface area contributed by atoms with Crippen LogP contribution < -0.4 is 18.9 Å². The lowest BCUT2D eigenvalue weighted by Gasteiger charge is -2.10. The van der Waals surface area contributed by atoms with E-state index in [4.69, 9.17) is 30.5 Å². The van der Waals surface area contributed by atoms with Crippen LogP contribution in [0.4, 0.5) is 0 Å². The van der Waals surface area contributed by atoms with Gasteiger partial charge in [0.1, 0.15) is 11.5 Å². The van der Waals surface area contributed by atoms with Crippen molar-refractivity contribution < 1.29 is 28.5 Å². The number of hydrogen-bond acceptors (Lipinski definition) is 6. The predicted molar refractivity (Wildman–Crippen MR) is 115 cm³/mol. The van der Waals surface area contributed by atoms with Gasteiger partial charge in [-0.15, -0.1) is 0 Å². The first kappa shape index (κ1) is 20.5. The van der Waals surface area contributed by atoms with Gasteiger partial charge >= 0.3 is 5.97 Å². The average molecular weight is 437 g/mol. The Hall–Kier alpha value is -3.77. The molecular formula is C24H17ClO6. The van der Waals surface area contributed by atoms with Crippen molar-refractivity contribution in [1.82, 2.24) is 0 Å². The van der Waals surface area contributed by atoms with Crippen molar-refractivity contribution in [2.75, 3.05) is 14.2 Å². The first-order valence-corrected chi connectivity index (χ1v) is 9.64. The number of carbonyl (C=O) groups excluding carboxylic acids is 2. The number of halogens is 1. The van der Waals surface area contributed by atoms with Crippen LogP contribution in [0.25, 0.3) is 6.08 Å². The van der Waals surface area contributed by atoms with Gasteiger partial charge in [-0.1, -0.05) is 23.7 Å². The smallest absolute Gasteiger partial charge is 0.343 e. The van der Waals surface area contributed by atoms with Crippen molar-refractivity contribution in [3.05, 3.63) is 88.1 Å². The molecule has 0 amide bonds. The Morgan fingerprint density at radius 2 is 1.68 bits per heavy atom. The molecule has 1 aliphatic heterocycles. The summed E-state index contributed by atoms with van der Waals surface area (Å²) in [5.74, 6) is 0.841. The summed E-state index contributed by atoms with van der Waals surface area (Å²) in [7, 11) is 2.99. The second-order valence-corrected chi connectivity index (χ2v) is 7.05. The van der Waals surface area contributed by atoms with E-state index in [2.05, 4.69) is 0 Å². The minimum Gasteiger partial charge on any atom is -0.493 e. The second-order valence-electron chi connectivity index (χ2n) is 6.61. The standard InChI is InChI=1S/C24H17ClO6/c1-28-19-10-5-15(12-21(19)29-2)24(27)30-17-8-9-18-20(13-17)31-22(23(18)26)11-14-3-6-16(25)7-4-14/h3-13H,1-2H3/b22-11-. The molecule has 3 aromatic rings. The summed E-state index contributed by atoms with van der Waals surface area (Å²) < 4.78 is 21.5. The van der Waals surface area contributed by atoms with Crippen LogP contribution in [-0.4, -0.2) is 26.0 Å². The molecule has 0 aromatic heterocycles. The van der Waals surface area contributed by atoms with Crippen LogP contribution in [0.2, 0.25) is 5.02 Å². The Kier molecular flexibility index (Phi) is 5.64. The molecule has 0 spiro atoms. The van der Waals surface area contributed by atoms with Crippen LogP contribution >= 0.6 is 11.6 Å². The third kappa shape index (κ3) is 4.25. The number of hydrogen-bond donors (Lipinski definition) is 0. The normalized spacial score (nSPS) is 13.5. The summed E-state index contributed by atoms with van der Waals surface area (Å²) in [5, 5.41) is 0.602. The van der Waals surface area contributed by atoms with Crippen LogP contribution in [0.1, 0.15) is 26.3 Å². The molecule has 1 heterocycles. The number of carbonyl (C=O) groups is 2. The molecule has 156 valence electrons. The minimum atomic E-state index is -0.581. The quantitative estimate of drug-likeness (QED) is 0.311. The fourth-order valence-electron chi connectivity index (χ4n) is 3.07. The van der Waals surface area contributed by atoms with Crippen molar-refractivity contribution in [2.24, 2.45) is 0 Å². The highest BCUT2D eigenvalue weighted by Crippen LogP contribution is 2.35. The molecule has 3 aromatic carbocycles. The van der Waals surface area contributed by atoms with Crippen molar-refractivity contribution in [2.45, 2.75) is 0 Å². The highest BCUT2D eigenvalue weighted by molar-refractivity contribution is 6.30. The van der Waals surface area contributed by atoms with Gasteiger partial charge in [0.2, 0.25) is 5.78 Å². The van der Waals surface area contributed by atoms with Gasteiger partial charge in [0.25, 0.3) is 0 Å². The van der Waals surface area contributed by atoms with Crippen LogP contribution in [0.3, 0.4) is 0 Å². The molecule has 6 nitrogen and oxygen atoms in total. The van der Waals surface area contributed by atoms with E-state index >= 15 is 0 Å². The monoisotopic (exact) mass is 436 g/mol. The second kappa shape index (κ2) is 8.53. The van der Waals surface area contributed by atoms with Gasteiger partial charge < -0.3 is 18.9 Å². The number of allylic oxidation sites excluding steroid dienone is 1. The average Bonchev–Trinajstić information content (AvgIpc) is 3.09. The number of ether oxygens (including phenoxy) is 4. The van der Waals surface area contributed by atoms with Gasteiger partial charge in [-0.25, -0.2) is 4.79 Å². The summed E-state index contributed by atoms with van der Waals surface area (Å²) in [6, 6.07) is 16.4. The highest BCUT2D eigenvalue weighted by Gasteiger charge is 2.28. The molecule has 0 saturated heterocycles. The first-order chi connectivity index (χ1) is 15.0. The van der Waals surface area contributed by atoms with Crippen LogP contribution in [0.5, 0.6) is 23.0 Å². The number of ketones is 1. The number of rotatable bonds is 5. The molecule has 0 unspecified atom stereocenters. The summed E-state index contributed by atoms with van der Waals surface area (Å²) in [6.45, 7) is 0. The Bertz CT molecular complexity index is 1200. The summed E-state index contributed by atoms with van der Waals surface area (Å²) in [5.41, 5.74) is 1.46. The van der Waals surface area contributed by atoms with E-state index in [1.165, 1.54) is 26.4 Å². The molecule has 0 saturated carbocycles. The summed E-state index contributed by atoms with van der Waals surface area (Å²) in [6.07, 6.45) is 1.63. The van der Waals surface area contributed by atoms with E-state index in [-0.39, 0.29) is 17.3 Å². The molecule has 7 heteroatoms. The fourth-order valence-corrected chi connectivity index (χ4v) is 3.20. The number of benzene rings is 3. The van der Waals surface area contributed by atoms with Crippen LogP contribution in [-0.2, 0) is 0 Å². The lowest BCUT2D eigenvalue weighted by molar-refractivity contribution is 0.0734. The summed E-state index contributed by atoms with van der Waals surface area (Å²) >= 11 is 5.89. The van der Waals surface area contributed by atoms with Gasteiger partial charge in [-0.3, -0.25) is 4.79 Å². The van der Waals surface area contributed by atoms with Gasteiger partial charge in [-0.2, -0.15) is 0 Å². The third-order valence-corrected chi connectivity index (χ3v) is 4.89. The topological polar surface area (TPSA) is 71.1 Å². The molecule has 0 fully saturated rings.